The molecule has 3 aromatic rings. The van der Waals surface area contributed by atoms with Gasteiger partial charge in [0, 0.05) is 23.6 Å². The van der Waals surface area contributed by atoms with E-state index in [1.54, 1.807) is 35.9 Å². The van der Waals surface area contributed by atoms with Gasteiger partial charge in [-0.3, -0.25) is 4.79 Å². The van der Waals surface area contributed by atoms with E-state index in [0.717, 1.165) is 6.42 Å². The number of carbonyl (C=O) groups excluding carboxylic acids is 1. The van der Waals surface area contributed by atoms with Crippen LogP contribution < -0.4 is 5.32 Å². The average molecular weight is 418 g/mol. The minimum absolute atomic E-state index is 0.185. The summed E-state index contributed by atoms with van der Waals surface area (Å²) in [5, 5.41) is 24.0. The van der Waals surface area contributed by atoms with Gasteiger partial charge in [-0.1, -0.05) is 18.5 Å². The van der Waals surface area contributed by atoms with Crippen molar-refractivity contribution in [2.45, 2.75) is 32.7 Å². The van der Waals surface area contributed by atoms with Crippen LogP contribution >= 0.6 is 11.6 Å². The molecule has 9 heteroatoms. The molecule has 1 atom stereocenters. The molecular weight excluding hydrogens is 397 g/mol. The lowest BCUT2D eigenvalue weighted by atomic mass is 10.0. The van der Waals surface area contributed by atoms with Crippen LogP contribution in [0.25, 0.3) is 16.8 Å². The van der Waals surface area contributed by atoms with E-state index in [4.69, 9.17) is 11.6 Å². The number of rotatable bonds is 7. The van der Waals surface area contributed by atoms with Crippen LogP contribution in [-0.2, 0) is 6.42 Å². The highest BCUT2D eigenvalue weighted by Gasteiger charge is 2.16. The van der Waals surface area contributed by atoms with Crippen molar-refractivity contribution in [2.75, 3.05) is 6.61 Å². The zero-order chi connectivity index (χ0) is 21.0. The Morgan fingerprint density at radius 1 is 1.31 bits per heavy atom. The quantitative estimate of drug-likeness (QED) is 0.615. The van der Waals surface area contributed by atoms with Gasteiger partial charge < -0.3 is 10.4 Å². The van der Waals surface area contributed by atoms with Crippen molar-refractivity contribution in [3.05, 3.63) is 58.6 Å². The van der Waals surface area contributed by atoms with Gasteiger partial charge in [-0.05, 0) is 65.7 Å². The van der Waals surface area contributed by atoms with E-state index in [2.05, 4.69) is 20.8 Å². The van der Waals surface area contributed by atoms with Crippen LogP contribution in [0.15, 0.2) is 36.4 Å². The lowest BCUT2D eigenvalue weighted by molar-refractivity contribution is 0.0922. The highest BCUT2D eigenvalue weighted by molar-refractivity contribution is 6.33. The summed E-state index contributed by atoms with van der Waals surface area (Å²) in [5.41, 5.74) is 2.12. The van der Waals surface area contributed by atoms with E-state index in [9.17, 15) is 14.3 Å². The number of aliphatic hydroxyl groups is 1. The predicted molar refractivity (Wildman–Crippen MR) is 108 cm³/mol. The molecule has 29 heavy (non-hydrogen) atoms. The Kier molecular flexibility index (Phi) is 6.56. The number of benzene rings is 2. The molecule has 3 rings (SSSR count). The molecule has 7 nitrogen and oxygen atoms in total. The first kappa shape index (κ1) is 20.9. The summed E-state index contributed by atoms with van der Waals surface area (Å²) in [7, 11) is 0. The molecule has 0 aliphatic heterocycles. The number of carbonyl (C=O) groups is 1. The maximum absolute atomic E-state index is 13.5. The minimum Gasteiger partial charge on any atom is -0.394 e. The number of aryl methyl sites for hydroxylation is 1. The number of aromatic nitrogens is 4. The molecule has 0 radical (unpaired) electrons. The Hall–Kier alpha value is -2.84. The van der Waals surface area contributed by atoms with Crippen molar-refractivity contribution >= 4 is 17.5 Å². The fraction of sp³-hybridized carbons (Fsp3) is 0.300. The number of tetrazole rings is 1. The summed E-state index contributed by atoms with van der Waals surface area (Å²) in [6.07, 6.45) is 1.52. The topological polar surface area (TPSA) is 92.9 Å². The summed E-state index contributed by atoms with van der Waals surface area (Å²) >= 11 is 6.24. The second kappa shape index (κ2) is 9.11. The van der Waals surface area contributed by atoms with Gasteiger partial charge in [0.25, 0.3) is 5.91 Å². The summed E-state index contributed by atoms with van der Waals surface area (Å²) in [5.74, 6) is -0.154. The number of aliphatic hydroxyl groups excluding tert-OH is 1. The van der Waals surface area contributed by atoms with Gasteiger partial charge in [-0.25, -0.2) is 4.39 Å². The Balaban J connectivity index is 2.14. The van der Waals surface area contributed by atoms with Gasteiger partial charge in [0.2, 0.25) is 0 Å². The molecule has 2 N–H and O–H groups in total. The van der Waals surface area contributed by atoms with E-state index in [0.29, 0.717) is 34.6 Å². The Morgan fingerprint density at radius 3 is 2.79 bits per heavy atom. The Labute approximate surface area is 172 Å². The van der Waals surface area contributed by atoms with Crippen molar-refractivity contribution in [1.29, 1.82) is 0 Å². The number of nitrogens with one attached hydrogen (secondary N) is 1. The third kappa shape index (κ3) is 4.78. The molecule has 0 spiro atoms. The molecule has 2 aromatic carbocycles. The van der Waals surface area contributed by atoms with E-state index < -0.39 is 11.9 Å². The Bertz CT molecular complexity index is 1020. The third-order valence-electron chi connectivity index (χ3n) is 4.33. The van der Waals surface area contributed by atoms with Crippen LogP contribution in [0.4, 0.5) is 4.39 Å². The maximum atomic E-state index is 13.5. The van der Waals surface area contributed by atoms with Crippen molar-refractivity contribution in [3.8, 4) is 16.8 Å². The van der Waals surface area contributed by atoms with E-state index in [1.807, 2.05) is 6.92 Å². The molecule has 0 saturated heterocycles. The number of hydrogen-bond donors (Lipinski definition) is 2. The van der Waals surface area contributed by atoms with Gasteiger partial charge in [-0.15, -0.1) is 5.10 Å². The van der Waals surface area contributed by atoms with Crippen molar-refractivity contribution in [2.24, 2.45) is 0 Å². The zero-order valence-corrected chi connectivity index (χ0v) is 16.8. The largest absolute Gasteiger partial charge is 0.394 e. The third-order valence-corrected chi connectivity index (χ3v) is 4.64. The maximum Gasteiger partial charge on any atom is 0.251 e. The fourth-order valence-corrected chi connectivity index (χ4v) is 3.16. The smallest absolute Gasteiger partial charge is 0.251 e. The molecule has 0 saturated carbocycles. The van der Waals surface area contributed by atoms with E-state index in [-0.39, 0.29) is 17.5 Å². The highest BCUT2D eigenvalue weighted by Crippen LogP contribution is 2.31. The summed E-state index contributed by atoms with van der Waals surface area (Å²) < 4.78 is 15.1. The standard InChI is InChI=1S/C20H21ClFN5O2/c1-3-4-19-24-25-26-27(19)16-8-13(17-6-5-15(22)10-18(17)21)7-14(9-16)20(29)23-12(2)11-28/h5-10,12,28H,3-4,11H2,1-2H3,(H,23,29). The summed E-state index contributed by atoms with van der Waals surface area (Å²) in [6, 6.07) is 8.79. The first-order valence-corrected chi connectivity index (χ1v) is 9.60. The average Bonchev–Trinajstić information content (AvgIpc) is 3.16. The van der Waals surface area contributed by atoms with Crippen LogP contribution in [0.1, 0.15) is 36.5 Å². The van der Waals surface area contributed by atoms with Crippen LogP contribution in [0.2, 0.25) is 5.02 Å². The number of nitrogens with zero attached hydrogens (tertiary/aromatic N) is 4. The van der Waals surface area contributed by atoms with Crippen molar-refractivity contribution < 1.29 is 14.3 Å². The van der Waals surface area contributed by atoms with Crippen LogP contribution in [0.5, 0.6) is 0 Å². The van der Waals surface area contributed by atoms with Gasteiger partial charge in [-0.2, -0.15) is 4.68 Å². The molecule has 152 valence electrons. The van der Waals surface area contributed by atoms with Crippen LogP contribution in [-0.4, -0.2) is 43.9 Å². The first-order valence-electron chi connectivity index (χ1n) is 9.22. The van der Waals surface area contributed by atoms with E-state index in [1.165, 1.54) is 12.1 Å². The fourth-order valence-electron chi connectivity index (χ4n) is 2.88. The number of hydrogen-bond acceptors (Lipinski definition) is 5. The molecule has 0 bridgehead atoms. The van der Waals surface area contributed by atoms with Crippen LogP contribution in [0, 0.1) is 5.82 Å². The molecule has 1 amide bonds. The number of amides is 1. The highest BCUT2D eigenvalue weighted by atomic mass is 35.5. The predicted octanol–water partition coefficient (Wildman–Crippen LogP) is 3.18. The SMILES string of the molecule is CCCc1nnnn1-c1cc(C(=O)NC(C)CO)cc(-c2ccc(F)cc2Cl)c1. The molecule has 1 unspecified atom stereocenters. The minimum atomic E-state index is -0.449. The second-order valence-electron chi connectivity index (χ2n) is 6.71. The van der Waals surface area contributed by atoms with E-state index >= 15 is 0 Å². The van der Waals surface area contributed by atoms with Gasteiger partial charge in [0.15, 0.2) is 5.82 Å². The zero-order valence-electron chi connectivity index (χ0n) is 16.1. The lowest BCUT2D eigenvalue weighted by Gasteiger charge is -2.14. The Morgan fingerprint density at radius 2 is 2.10 bits per heavy atom. The molecular formula is C20H21ClFN5O2. The van der Waals surface area contributed by atoms with Crippen LogP contribution in [0.3, 0.4) is 0 Å². The molecule has 0 fully saturated rings. The normalized spacial score (nSPS) is 12.0. The second-order valence-corrected chi connectivity index (χ2v) is 7.11. The molecule has 1 heterocycles. The van der Waals surface area contributed by atoms with Crippen molar-refractivity contribution in [1.82, 2.24) is 25.5 Å². The van der Waals surface area contributed by atoms with Gasteiger partial charge >= 0.3 is 0 Å². The van der Waals surface area contributed by atoms with Gasteiger partial charge in [0.1, 0.15) is 5.82 Å². The molecule has 0 aliphatic carbocycles. The molecule has 1 aromatic heterocycles. The van der Waals surface area contributed by atoms with Crippen molar-refractivity contribution in [3.63, 3.8) is 0 Å². The van der Waals surface area contributed by atoms with Gasteiger partial charge in [0.05, 0.1) is 17.3 Å². The lowest BCUT2D eigenvalue weighted by Crippen LogP contribution is -2.35. The first-order chi connectivity index (χ1) is 13.9. The summed E-state index contributed by atoms with van der Waals surface area (Å²) in [4.78, 5) is 12.7. The molecule has 0 aliphatic rings. The summed E-state index contributed by atoms with van der Waals surface area (Å²) in [6.45, 7) is 3.53. The monoisotopic (exact) mass is 417 g/mol. The number of halogens is 2.